The van der Waals surface area contributed by atoms with Crippen LogP contribution in [0.15, 0.2) is 23.4 Å². The van der Waals surface area contributed by atoms with Crippen LogP contribution in [0.2, 0.25) is 10.0 Å². The highest BCUT2D eigenvalue weighted by Gasteiger charge is 2.16. The van der Waals surface area contributed by atoms with Gasteiger partial charge in [-0.25, -0.2) is 4.68 Å². The van der Waals surface area contributed by atoms with Crippen molar-refractivity contribution >= 4 is 40.9 Å². The Labute approximate surface area is 167 Å². The number of unbranched alkanes of at least 4 members (excludes halogenated alkanes) is 2. The lowest BCUT2D eigenvalue weighted by Gasteiger charge is -2.13. The van der Waals surface area contributed by atoms with Crippen molar-refractivity contribution in [3.8, 4) is 11.4 Å². The van der Waals surface area contributed by atoms with Crippen molar-refractivity contribution in [1.82, 2.24) is 20.2 Å². The molecule has 1 amide bonds. The third-order valence-electron chi connectivity index (χ3n) is 3.82. The van der Waals surface area contributed by atoms with E-state index in [1.165, 1.54) is 29.3 Å². The first-order valence-electron chi connectivity index (χ1n) is 8.50. The second-order valence-corrected chi connectivity index (χ2v) is 7.84. The lowest BCUT2D eigenvalue weighted by molar-refractivity contribution is -0.119. The van der Waals surface area contributed by atoms with Gasteiger partial charge in [-0.2, -0.15) is 0 Å². The van der Waals surface area contributed by atoms with Crippen molar-refractivity contribution in [2.45, 2.75) is 50.7 Å². The molecule has 1 atom stereocenters. The van der Waals surface area contributed by atoms with Gasteiger partial charge in [-0.05, 0) is 31.5 Å². The maximum atomic E-state index is 12.1. The zero-order chi connectivity index (χ0) is 19.1. The van der Waals surface area contributed by atoms with Crippen LogP contribution >= 0.6 is 35.0 Å². The minimum absolute atomic E-state index is 0.0481. The fourth-order valence-corrected chi connectivity index (χ4v) is 3.61. The topological polar surface area (TPSA) is 85.8 Å². The molecule has 0 radical (unpaired) electrons. The number of rotatable bonds is 9. The predicted octanol–water partition coefficient (Wildman–Crippen LogP) is 4.14. The highest BCUT2D eigenvalue weighted by atomic mass is 35.5. The van der Waals surface area contributed by atoms with E-state index in [0.29, 0.717) is 26.6 Å². The summed E-state index contributed by atoms with van der Waals surface area (Å²) in [6.45, 7) is 4.18. The van der Waals surface area contributed by atoms with Crippen molar-refractivity contribution < 1.29 is 4.79 Å². The average Bonchev–Trinajstić information content (AvgIpc) is 2.94. The van der Waals surface area contributed by atoms with E-state index in [1.807, 2.05) is 6.92 Å². The summed E-state index contributed by atoms with van der Waals surface area (Å²) in [7, 11) is 0. The number of carbonyl (C=O) groups excluding carboxylic acids is 1. The van der Waals surface area contributed by atoms with Crippen LogP contribution in [-0.2, 0) is 4.79 Å². The van der Waals surface area contributed by atoms with Gasteiger partial charge in [-0.1, -0.05) is 61.1 Å². The largest absolute Gasteiger partial charge is 0.353 e. The lowest BCUT2D eigenvalue weighted by atomic mass is 10.1. The maximum absolute atomic E-state index is 12.1. The minimum Gasteiger partial charge on any atom is -0.353 e. The van der Waals surface area contributed by atoms with Crippen molar-refractivity contribution in [2.24, 2.45) is 0 Å². The van der Waals surface area contributed by atoms with Gasteiger partial charge < -0.3 is 11.2 Å². The summed E-state index contributed by atoms with van der Waals surface area (Å²) in [5.74, 6) is 6.65. The summed E-state index contributed by atoms with van der Waals surface area (Å²) in [6.07, 6.45) is 4.45. The van der Waals surface area contributed by atoms with E-state index in [1.54, 1.807) is 18.2 Å². The van der Waals surface area contributed by atoms with Crippen LogP contribution in [0.25, 0.3) is 11.4 Å². The third kappa shape index (κ3) is 5.79. The van der Waals surface area contributed by atoms with Gasteiger partial charge in [0.2, 0.25) is 11.1 Å². The van der Waals surface area contributed by atoms with Crippen molar-refractivity contribution in [3.05, 3.63) is 28.2 Å². The number of hydrogen-bond donors (Lipinski definition) is 2. The Morgan fingerprint density at radius 3 is 2.81 bits per heavy atom. The summed E-state index contributed by atoms with van der Waals surface area (Å²) in [5.41, 5.74) is 0.631. The molecule has 6 nitrogen and oxygen atoms in total. The van der Waals surface area contributed by atoms with Gasteiger partial charge in [-0.15, -0.1) is 10.2 Å². The molecule has 0 aliphatic heterocycles. The van der Waals surface area contributed by atoms with Crippen LogP contribution in [0.3, 0.4) is 0 Å². The van der Waals surface area contributed by atoms with Gasteiger partial charge >= 0.3 is 0 Å². The fraction of sp³-hybridized carbons (Fsp3) is 0.471. The number of nitrogens with zero attached hydrogens (tertiary/aromatic N) is 3. The number of aromatic nitrogens is 3. The molecule has 26 heavy (non-hydrogen) atoms. The number of hydrogen-bond acceptors (Lipinski definition) is 5. The molecule has 2 aromatic rings. The van der Waals surface area contributed by atoms with Gasteiger partial charge in [0.05, 0.1) is 10.8 Å². The Kier molecular flexibility index (Phi) is 8.06. The molecule has 0 fully saturated rings. The Morgan fingerprint density at radius 2 is 2.12 bits per heavy atom. The molecule has 1 heterocycles. The van der Waals surface area contributed by atoms with Crippen LogP contribution in [0.1, 0.15) is 39.5 Å². The first-order valence-corrected chi connectivity index (χ1v) is 10.2. The van der Waals surface area contributed by atoms with E-state index >= 15 is 0 Å². The van der Waals surface area contributed by atoms with E-state index in [2.05, 4.69) is 22.4 Å². The van der Waals surface area contributed by atoms with Gasteiger partial charge in [0.25, 0.3) is 0 Å². The Hall–Kier alpha value is -1.44. The molecule has 1 unspecified atom stereocenters. The molecule has 9 heteroatoms. The molecular weight excluding hydrogens is 393 g/mol. The molecule has 0 aliphatic rings. The summed E-state index contributed by atoms with van der Waals surface area (Å²) >= 11 is 13.3. The standard InChI is InChI=1S/C17H23Cl2N5OS/c1-3-4-5-6-11(2)21-15(25)10-26-17-23-22-16(24(17)20)13-8-7-12(18)9-14(13)19/h7-9,11H,3-6,10,20H2,1-2H3,(H,21,25). The van der Waals surface area contributed by atoms with Crippen LogP contribution in [0.4, 0.5) is 0 Å². The van der Waals surface area contributed by atoms with Gasteiger partial charge in [0.1, 0.15) is 0 Å². The van der Waals surface area contributed by atoms with Crippen LogP contribution < -0.4 is 11.2 Å². The van der Waals surface area contributed by atoms with Crippen molar-refractivity contribution in [1.29, 1.82) is 0 Å². The van der Waals surface area contributed by atoms with Crippen LogP contribution in [0.5, 0.6) is 0 Å². The number of nitrogens with two attached hydrogens (primary N) is 1. The summed E-state index contributed by atoms with van der Waals surface area (Å²) < 4.78 is 1.33. The molecule has 0 bridgehead atoms. The predicted molar refractivity (Wildman–Crippen MR) is 108 cm³/mol. The molecule has 0 aliphatic carbocycles. The SMILES string of the molecule is CCCCCC(C)NC(=O)CSc1nnc(-c2ccc(Cl)cc2Cl)n1N. The Morgan fingerprint density at radius 1 is 1.35 bits per heavy atom. The molecule has 0 saturated carbocycles. The summed E-state index contributed by atoms with van der Waals surface area (Å²) in [4.78, 5) is 12.1. The fourth-order valence-electron chi connectivity index (χ4n) is 2.45. The average molecular weight is 416 g/mol. The molecule has 0 spiro atoms. The lowest BCUT2D eigenvalue weighted by Crippen LogP contribution is -2.33. The summed E-state index contributed by atoms with van der Waals surface area (Å²) in [6, 6.07) is 5.22. The minimum atomic E-state index is -0.0481. The maximum Gasteiger partial charge on any atom is 0.230 e. The zero-order valence-electron chi connectivity index (χ0n) is 14.8. The first kappa shape index (κ1) is 20.9. The van der Waals surface area contributed by atoms with Gasteiger partial charge in [0.15, 0.2) is 5.82 Å². The molecule has 142 valence electrons. The molecule has 1 aromatic heterocycles. The molecular formula is C17H23Cl2N5OS. The van der Waals surface area contributed by atoms with Crippen molar-refractivity contribution in [3.63, 3.8) is 0 Å². The second kappa shape index (κ2) is 10.0. The van der Waals surface area contributed by atoms with E-state index in [4.69, 9.17) is 29.0 Å². The van der Waals surface area contributed by atoms with Gasteiger partial charge in [-0.3, -0.25) is 4.79 Å². The number of halogens is 2. The first-order chi connectivity index (χ1) is 12.4. The number of carbonyl (C=O) groups is 1. The summed E-state index contributed by atoms with van der Waals surface area (Å²) in [5, 5.41) is 12.5. The second-order valence-electron chi connectivity index (χ2n) is 6.05. The highest BCUT2D eigenvalue weighted by Crippen LogP contribution is 2.30. The number of amides is 1. The Balaban J connectivity index is 1.93. The molecule has 0 saturated heterocycles. The molecule has 1 aromatic carbocycles. The number of benzene rings is 1. The molecule has 2 rings (SSSR count). The number of nitrogen functional groups attached to an aromatic ring is 1. The van der Waals surface area contributed by atoms with Gasteiger partial charge in [0, 0.05) is 16.6 Å². The van der Waals surface area contributed by atoms with Crippen LogP contribution in [-0.4, -0.2) is 32.6 Å². The highest BCUT2D eigenvalue weighted by molar-refractivity contribution is 7.99. The van der Waals surface area contributed by atoms with Crippen molar-refractivity contribution in [2.75, 3.05) is 11.6 Å². The van der Waals surface area contributed by atoms with Crippen LogP contribution in [0, 0.1) is 0 Å². The quantitative estimate of drug-likeness (QED) is 0.365. The van der Waals surface area contributed by atoms with E-state index in [-0.39, 0.29) is 17.7 Å². The molecule has 3 N–H and O–H groups in total. The van der Waals surface area contributed by atoms with E-state index in [0.717, 1.165) is 12.8 Å². The van der Waals surface area contributed by atoms with E-state index < -0.39 is 0 Å². The van der Waals surface area contributed by atoms with E-state index in [9.17, 15) is 4.79 Å². The zero-order valence-corrected chi connectivity index (χ0v) is 17.2. The Bertz CT molecular complexity index is 753. The monoisotopic (exact) mass is 415 g/mol. The third-order valence-corrected chi connectivity index (χ3v) is 5.31. The number of nitrogens with one attached hydrogen (secondary N) is 1. The normalized spacial score (nSPS) is 12.2. The smallest absolute Gasteiger partial charge is 0.230 e. The number of thioether (sulfide) groups is 1.